The van der Waals surface area contributed by atoms with Crippen LogP contribution in [0.5, 0.6) is 11.5 Å². The molecule has 7 heteroatoms. The highest BCUT2D eigenvalue weighted by Gasteiger charge is 2.16. The first kappa shape index (κ1) is 15.5. The van der Waals surface area contributed by atoms with Gasteiger partial charge in [-0.05, 0) is 25.1 Å². The highest BCUT2D eigenvalue weighted by Crippen LogP contribution is 2.32. The van der Waals surface area contributed by atoms with E-state index in [1.807, 2.05) is 36.6 Å². The summed E-state index contributed by atoms with van der Waals surface area (Å²) in [5, 5.41) is 2.56. The number of rotatable bonds is 4. The van der Waals surface area contributed by atoms with Gasteiger partial charge in [0.15, 0.2) is 11.5 Å². The molecule has 2 aromatic carbocycles. The summed E-state index contributed by atoms with van der Waals surface area (Å²) in [6, 6.07) is 13.2. The van der Waals surface area contributed by atoms with Gasteiger partial charge in [-0.3, -0.25) is 15.6 Å². The molecule has 0 unspecified atom stereocenters. The van der Waals surface area contributed by atoms with Gasteiger partial charge in [0.05, 0.1) is 5.69 Å². The predicted octanol–water partition coefficient (Wildman–Crippen LogP) is 3.60. The normalized spacial score (nSPS) is 12.0. The Kier molecular flexibility index (Phi) is 3.99. The summed E-state index contributed by atoms with van der Waals surface area (Å²) in [6.45, 7) is 2.23. The van der Waals surface area contributed by atoms with Crippen LogP contribution in [0.3, 0.4) is 0 Å². The number of nitrogens with zero attached hydrogens (tertiary/aromatic N) is 1. The van der Waals surface area contributed by atoms with Gasteiger partial charge in [0, 0.05) is 16.5 Å². The molecule has 0 saturated heterocycles. The van der Waals surface area contributed by atoms with Crippen molar-refractivity contribution in [3.8, 4) is 22.8 Å². The molecule has 126 valence electrons. The van der Waals surface area contributed by atoms with E-state index in [1.165, 1.54) is 16.9 Å². The Balaban J connectivity index is 1.41. The Morgan fingerprint density at radius 3 is 2.76 bits per heavy atom. The second-order valence-corrected chi connectivity index (χ2v) is 6.41. The lowest BCUT2D eigenvalue weighted by Crippen LogP contribution is -2.29. The monoisotopic (exact) mass is 353 g/mol. The minimum absolute atomic E-state index is 0.180. The topological polar surface area (TPSA) is 72.5 Å². The summed E-state index contributed by atoms with van der Waals surface area (Å²) in [6.07, 6.45) is 0. The molecule has 2 heterocycles. The molecule has 3 aromatic rings. The zero-order chi connectivity index (χ0) is 17.2. The fourth-order valence-corrected chi connectivity index (χ4v) is 3.08. The number of hydrogen-bond acceptors (Lipinski definition) is 6. The van der Waals surface area contributed by atoms with Gasteiger partial charge < -0.3 is 9.47 Å². The van der Waals surface area contributed by atoms with Crippen LogP contribution in [0, 0.1) is 6.92 Å². The average Bonchev–Trinajstić information content (AvgIpc) is 3.29. The lowest BCUT2D eigenvalue weighted by Gasteiger charge is -2.06. The number of thiazole rings is 1. The van der Waals surface area contributed by atoms with Gasteiger partial charge in [0.25, 0.3) is 5.91 Å². The molecular weight excluding hydrogens is 338 g/mol. The van der Waals surface area contributed by atoms with E-state index >= 15 is 0 Å². The third kappa shape index (κ3) is 3.27. The molecule has 0 radical (unpaired) electrons. The molecule has 0 fully saturated rings. The fraction of sp³-hybridized carbons (Fsp3) is 0.111. The Morgan fingerprint density at radius 1 is 1.12 bits per heavy atom. The van der Waals surface area contributed by atoms with Crippen LogP contribution in [0.2, 0.25) is 0 Å². The molecule has 0 saturated carbocycles. The van der Waals surface area contributed by atoms with Crippen molar-refractivity contribution in [2.75, 3.05) is 12.2 Å². The molecular formula is C18H15N3O3S. The lowest BCUT2D eigenvalue weighted by atomic mass is 10.1. The number of hydrogen-bond donors (Lipinski definition) is 2. The first-order chi connectivity index (χ1) is 12.2. The first-order valence-electron chi connectivity index (χ1n) is 7.67. The molecule has 1 aliphatic heterocycles. The average molecular weight is 353 g/mol. The largest absolute Gasteiger partial charge is 0.454 e. The van der Waals surface area contributed by atoms with E-state index in [-0.39, 0.29) is 12.7 Å². The zero-order valence-electron chi connectivity index (χ0n) is 13.4. The second-order valence-electron chi connectivity index (χ2n) is 5.55. The highest BCUT2D eigenvalue weighted by molar-refractivity contribution is 7.14. The van der Waals surface area contributed by atoms with Crippen molar-refractivity contribution >= 4 is 22.4 Å². The van der Waals surface area contributed by atoms with Crippen molar-refractivity contribution in [1.82, 2.24) is 10.4 Å². The van der Waals surface area contributed by atoms with Crippen LogP contribution in [0.4, 0.5) is 5.13 Å². The molecule has 4 rings (SSSR count). The third-order valence-corrected chi connectivity index (χ3v) is 4.53. The SMILES string of the molecule is Cc1ccc(-c2csc(NNC(=O)c3ccc4c(c3)OCO4)n2)cc1. The van der Waals surface area contributed by atoms with Crippen LogP contribution < -0.4 is 20.3 Å². The van der Waals surface area contributed by atoms with E-state index < -0.39 is 0 Å². The van der Waals surface area contributed by atoms with E-state index in [9.17, 15) is 4.79 Å². The van der Waals surface area contributed by atoms with Crippen LogP contribution in [0.15, 0.2) is 47.8 Å². The van der Waals surface area contributed by atoms with Crippen molar-refractivity contribution in [3.63, 3.8) is 0 Å². The molecule has 6 nitrogen and oxygen atoms in total. The van der Waals surface area contributed by atoms with Crippen molar-refractivity contribution < 1.29 is 14.3 Å². The van der Waals surface area contributed by atoms with Crippen LogP contribution in [-0.2, 0) is 0 Å². The summed E-state index contributed by atoms with van der Waals surface area (Å²) in [7, 11) is 0. The van der Waals surface area contributed by atoms with E-state index in [4.69, 9.17) is 9.47 Å². The number of nitrogens with one attached hydrogen (secondary N) is 2. The molecule has 0 spiro atoms. The smallest absolute Gasteiger partial charge is 0.269 e. The number of benzene rings is 2. The Hall–Kier alpha value is -3.06. The van der Waals surface area contributed by atoms with Gasteiger partial charge in [-0.2, -0.15) is 0 Å². The number of ether oxygens (including phenoxy) is 2. The minimum Gasteiger partial charge on any atom is -0.454 e. The number of aryl methyl sites for hydroxylation is 1. The molecule has 0 bridgehead atoms. The number of fused-ring (bicyclic) bond motifs is 1. The molecule has 0 aliphatic carbocycles. The van der Waals surface area contributed by atoms with Gasteiger partial charge in [-0.1, -0.05) is 29.8 Å². The molecule has 1 aromatic heterocycles. The van der Waals surface area contributed by atoms with Crippen molar-refractivity contribution in [2.24, 2.45) is 0 Å². The Bertz CT molecular complexity index is 922. The molecule has 1 aliphatic rings. The summed E-state index contributed by atoms with van der Waals surface area (Å²) >= 11 is 1.42. The van der Waals surface area contributed by atoms with Crippen molar-refractivity contribution in [3.05, 3.63) is 59.0 Å². The zero-order valence-corrected chi connectivity index (χ0v) is 14.2. The Labute approximate surface area is 148 Å². The van der Waals surface area contributed by atoms with E-state index in [1.54, 1.807) is 18.2 Å². The van der Waals surface area contributed by atoms with E-state index in [0.717, 1.165) is 11.3 Å². The van der Waals surface area contributed by atoms with Gasteiger partial charge >= 0.3 is 0 Å². The number of anilines is 1. The third-order valence-electron chi connectivity index (χ3n) is 3.77. The number of carbonyl (C=O) groups is 1. The van der Waals surface area contributed by atoms with Gasteiger partial charge in [-0.25, -0.2) is 4.98 Å². The van der Waals surface area contributed by atoms with Crippen LogP contribution in [0.1, 0.15) is 15.9 Å². The molecule has 2 N–H and O–H groups in total. The predicted molar refractivity (Wildman–Crippen MR) is 95.9 cm³/mol. The quantitative estimate of drug-likeness (QED) is 0.701. The van der Waals surface area contributed by atoms with E-state index in [2.05, 4.69) is 15.8 Å². The van der Waals surface area contributed by atoms with Crippen LogP contribution >= 0.6 is 11.3 Å². The van der Waals surface area contributed by atoms with Gasteiger partial charge in [0.2, 0.25) is 11.9 Å². The number of aromatic nitrogens is 1. The molecule has 1 amide bonds. The maximum Gasteiger partial charge on any atom is 0.269 e. The molecule has 25 heavy (non-hydrogen) atoms. The lowest BCUT2D eigenvalue weighted by molar-refractivity contribution is 0.0962. The summed E-state index contributed by atoms with van der Waals surface area (Å²) in [4.78, 5) is 16.7. The maximum atomic E-state index is 12.2. The van der Waals surface area contributed by atoms with Crippen LogP contribution in [-0.4, -0.2) is 17.7 Å². The van der Waals surface area contributed by atoms with Crippen molar-refractivity contribution in [1.29, 1.82) is 0 Å². The Morgan fingerprint density at radius 2 is 1.92 bits per heavy atom. The second kappa shape index (κ2) is 6.45. The van der Waals surface area contributed by atoms with Gasteiger partial charge in [-0.15, -0.1) is 11.3 Å². The fourth-order valence-electron chi connectivity index (χ4n) is 2.41. The first-order valence-corrected chi connectivity index (χ1v) is 8.55. The highest BCUT2D eigenvalue weighted by atomic mass is 32.1. The summed E-state index contributed by atoms with van der Waals surface area (Å²) < 4.78 is 10.5. The van der Waals surface area contributed by atoms with Crippen LogP contribution in [0.25, 0.3) is 11.3 Å². The van der Waals surface area contributed by atoms with Gasteiger partial charge in [0.1, 0.15) is 0 Å². The molecule has 0 atom stereocenters. The number of hydrazine groups is 1. The summed E-state index contributed by atoms with van der Waals surface area (Å²) in [5.74, 6) is 0.945. The summed E-state index contributed by atoms with van der Waals surface area (Å²) in [5.41, 5.74) is 9.08. The number of carbonyl (C=O) groups excluding carboxylic acids is 1. The minimum atomic E-state index is -0.273. The number of amides is 1. The van der Waals surface area contributed by atoms with Crippen molar-refractivity contribution in [2.45, 2.75) is 6.92 Å². The maximum absolute atomic E-state index is 12.2. The van der Waals surface area contributed by atoms with E-state index in [0.29, 0.717) is 22.2 Å². The standard InChI is InChI=1S/C18H15N3O3S/c1-11-2-4-12(5-3-11)14-9-25-18(19-14)21-20-17(22)13-6-7-15-16(8-13)24-10-23-15/h2-9H,10H2,1H3,(H,19,21)(H,20,22).